The van der Waals surface area contributed by atoms with Crippen molar-refractivity contribution in [3.8, 4) is 0 Å². The summed E-state index contributed by atoms with van der Waals surface area (Å²) in [5.41, 5.74) is 1.04. The van der Waals surface area contributed by atoms with E-state index in [1.807, 2.05) is 6.08 Å². The molecule has 7 atom stereocenters. The molecule has 0 amide bonds. The second kappa shape index (κ2) is 11.3. The van der Waals surface area contributed by atoms with Gasteiger partial charge in [0.25, 0.3) is 6.29 Å². The van der Waals surface area contributed by atoms with Crippen LogP contribution < -0.4 is 0 Å². The van der Waals surface area contributed by atoms with E-state index in [-0.39, 0.29) is 34.7 Å². The van der Waals surface area contributed by atoms with Crippen LogP contribution in [0.3, 0.4) is 0 Å². The van der Waals surface area contributed by atoms with Crippen molar-refractivity contribution >= 4 is 17.5 Å². The summed E-state index contributed by atoms with van der Waals surface area (Å²) in [6.45, 7) is 6.71. The number of carbonyl (C=O) groups is 3. The van der Waals surface area contributed by atoms with Crippen LogP contribution in [-0.4, -0.2) is 28.9 Å². The molecule has 0 aliphatic heterocycles. The fraction of sp³-hybridized carbons (Fsp3) is 0.774. The van der Waals surface area contributed by atoms with Gasteiger partial charge in [-0.1, -0.05) is 70.9 Å². The van der Waals surface area contributed by atoms with Crippen LogP contribution in [0.15, 0.2) is 23.8 Å². The molecule has 0 radical (unpaired) electrons. The minimum atomic E-state index is -1.65. The first-order valence-corrected chi connectivity index (χ1v) is 14.6. The highest BCUT2D eigenvalue weighted by atomic mass is 16.6. The van der Waals surface area contributed by atoms with Gasteiger partial charge in [0, 0.05) is 17.8 Å². The molecule has 0 bridgehead atoms. The van der Waals surface area contributed by atoms with E-state index in [2.05, 4.69) is 26.8 Å². The molecular formula is C31H46O5. The van der Waals surface area contributed by atoms with Gasteiger partial charge in [-0.25, -0.2) is 0 Å². The summed E-state index contributed by atoms with van der Waals surface area (Å²) in [4.78, 5) is 37.6. The Labute approximate surface area is 217 Å². The summed E-state index contributed by atoms with van der Waals surface area (Å²) in [6, 6.07) is 0. The summed E-state index contributed by atoms with van der Waals surface area (Å²) >= 11 is 0. The van der Waals surface area contributed by atoms with Gasteiger partial charge in [0.15, 0.2) is 5.78 Å². The smallest absolute Gasteiger partial charge is 0.308 e. The number of Topliss-reactive ketones (excluding diaryl/α,β-unsaturated/α-hetero) is 1. The fourth-order valence-corrected chi connectivity index (χ4v) is 8.31. The Morgan fingerprint density at radius 2 is 1.75 bits per heavy atom. The number of hydrogen-bond acceptors (Lipinski definition) is 5. The molecule has 4 aliphatic rings. The normalized spacial score (nSPS) is 35.9. The van der Waals surface area contributed by atoms with Gasteiger partial charge in [-0.3, -0.25) is 14.4 Å². The number of aliphatic hydroxyl groups excluding tert-OH is 1. The summed E-state index contributed by atoms with van der Waals surface area (Å²) in [6.07, 6.45) is 17.8. The molecule has 0 aromatic rings. The lowest BCUT2D eigenvalue weighted by Crippen LogP contribution is -2.51. The molecule has 0 aromatic heterocycles. The van der Waals surface area contributed by atoms with E-state index in [0.29, 0.717) is 17.8 Å². The highest BCUT2D eigenvalue weighted by Crippen LogP contribution is 2.66. The van der Waals surface area contributed by atoms with Gasteiger partial charge < -0.3 is 9.84 Å². The average molecular weight is 499 g/mol. The Balaban J connectivity index is 1.31. The van der Waals surface area contributed by atoms with Gasteiger partial charge in [-0.2, -0.15) is 0 Å². The lowest BCUT2D eigenvalue weighted by molar-refractivity contribution is -0.180. The third-order valence-corrected chi connectivity index (χ3v) is 10.4. The summed E-state index contributed by atoms with van der Waals surface area (Å²) in [5.74, 6) is 0.479. The van der Waals surface area contributed by atoms with Crippen molar-refractivity contribution in [2.45, 2.75) is 117 Å². The predicted molar refractivity (Wildman–Crippen MR) is 140 cm³/mol. The van der Waals surface area contributed by atoms with Crippen LogP contribution in [0.1, 0.15) is 111 Å². The zero-order valence-electron chi connectivity index (χ0n) is 22.6. The van der Waals surface area contributed by atoms with Gasteiger partial charge in [0.05, 0.1) is 0 Å². The highest BCUT2D eigenvalue weighted by molar-refractivity contribution is 6.01. The maximum Gasteiger partial charge on any atom is 0.308 e. The summed E-state index contributed by atoms with van der Waals surface area (Å²) < 4.78 is 5.22. The highest BCUT2D eigenvalue weighted by Gasteiger charge is 2.60. The number of unbranched alkanes of at least 4 members (excludes halogenated alkanes) is 6. The molecule has 3 saturated carbocycles. The number of allylic oxidation sites excluding steroid dienone is 4. The third kappa shape index (κ3) is 5.28. The molecule has 36 heavy (non-hydrogen) atoms. The van der Waals surface area contributed by atoms with Gasteiger partial charge in [0.1, 0.15) is 0 Å². The molecule has 0 heterocycles. The third-order valence-electron chi connectivity index (χ3n) is 10.4. The number of hydrogen-bond donors (Lipinski definition) is 1. The zero-order valence-corrected chi connectivity index (χ0v) is 22.6. The molecule has 1 N–H and O–H groups in total. The monoisotopic (exact) mass is 498 g/mol. The SMILES string of the molecule is CCCCCCCCCC(=O)OC(O)C(=O)[C@H]1CC[C@H]2[C@@H]3CCC4=CC(=O)C=C[C@]4(C)[C@H]3CC[C@]12C. The molecule has 0 spiro atoms. The Morgan fingerprint density at radius 1 is 1.03 bits per heavy atom. The Bertz CT molecular complexity index is 903. The molecule has 0 saturated heterocycles. The van der Waals surface area contributed by atoms with Gasteiger partial charge in [-0.05, 0) is 80.3 Å². The second-order valence-electron chi connectivity index (χ2n) is 12.4. The van der Waals surface area contributed by atoms with Crippen molar-refractivity contribution in [2.24, 2.45) is 34.5 Å². The van der Waals surface area contributed by atoms with E-state index < -0.39 is 12.3 Å². The van der Waals surface area contributed by atoms with Gasteiger partial charge in [0.2, 0.25) is 5.78 Å². The summed E-state index contributed by atoms with van der Waals surface area (Å²) in [7, 11) is 0. The lowest BCUT2D eigenvalue weighted by Gasteiger charge is -2.57. The number of ether oxygens (including phenoxy) is 1. The molecule has 1 unspecified atom stereocenters. The number of rotatable bonds is 11. The molecule has 5 nitrogen and oxygen atoms in total. The summed E-state index contributed by atoms with van der Waals surface area (Å²) in [5, 5.41) is 10.6. The van der Waals surface area contributed by atoms with Crippen LogP contribution in [0.5, 0.6) is 0 Å². The minimum Gasteiger partial charge on any atom is -0.428 e. The van der Waals surface area contributed by atoms with Crippen LogP contribution >= 0.6 is 0 Å². The van der Waals surface area contributed by atoms with Crippen molar-refractivity contribution < 1.29 is 24.2 Å². The first-order chi connectivity index (χ1) is 17.2. The van der Waals surface area contributed by atoms with Crippen molar-refractivity contribution in [1.29, 1.82) is 0 Å². The van der Waals surface area contributed by atoms with E-state index in [4.69, 9.17) is 4.74 Å². The molecule has 0 aromatic carbocycles. The maximum absolute atomic E-state index is 13.3. The van der Waals surface area contributed by atoms with Crippen LogP contribution in [0.4, 0.5) is 0 Å². The van der Waals surface area contributed by atoms with Gasteiger partial charge >= 0.3 is 5.97 Å². The Morgan fingerprint density at radius 3 is 2.50 bits per heavy atom. The first-order valence-electron chi connectivity index (χ1n) is 14.6. The van der Waals surface area contributed by atoms with E-state index in [9.17, 15) is 19.5 Å². The first kappa shape index (κ1) is 27.3. The van der Waals surface area contributed by atoms with Crippen LogP contribution in [0, 0.1) is 34.5 Å². The zero-order chi connectivity index (χ0) is 25.9. The Hall–Kier alpha value is -1.75. The van der Waals surface area contributed by atoms with E-state index in [0.717, 1.165) is 57.8 Å². The number of ketones is 2. The van der Waals surface area contributed by atoms with Crippen molar-refractivity contribution in [3.63, 3.8) is 0 Å². The van der Waals surface area contributed by atoms with Crippen molar-refractivity contribution in [1.82, 2.24) is 0 Å². The Kier molecular flexibility index (Phi) is 8.59. The lowest BCUT2D eigenvalue weighted by atomic mass is 9.47. The van der Waals surface area contributed by atoms with E-state index >= 15 is 0 Å². The fourth-order valence-electron chi connectivity index (χ4n) is 8.31. The number of fused-ring (bicyclic) bond motifs is 5. The number of carbonyl (C=O) groups excluding carboxylic acids is 3. The van der Waals surface area contributed by atoms with Crippen molar-refractivity contribution in [3.05, 3.63) is 23.8 Å². The maximum atomic E-state index is 13.3. The number of aliphatic hydroxyl groups is 1. The molecule has 4 aliphatic carbocycles. The minimum absolute atomic E-state index is 0.0642. The molecular weight excluding hydrogens is 452 g/mol. The largest absolute Gasteiger partial charge is 0.428 e. The van der Waals surface area contributed by atoms with Crippen molar-refractivity contribution in [2.75, 3.05) is 0 Å². The molecule has 4 rings (SSSR count). The topological polar surface area (TPSA) is 80.7 Å². The van der Waals surface area contributed by atoms with Crippen LogP contribution in [0.25, 0.3) is 0 Å². The molecule has 200 valence electrons. The van der Waals surface area contributed by atoms with Gasteiger partial charge in [-0.15, -0.1) is 0 Å². The van der Waals surface area contributed by atoms with E-state index in [1.165, 1.54) is 31.3 Å². The second-order valence-corrected chi connectivity index (χ2v) is 12.4. The molecule has 3 fully saturated rings. The standard InChI is InChI=1S/C31H46O5/c1-4-5-6-7-8-9-10-11-27(33)36-29(35)28(34)26-15-14-24-23-13-12-21-20-22(32)16-18-30(21,2)25(23)17-19-31(24,26)3/h16,18,20,23-26,29,35H,4-15,17,19H2,1-3H3/t23-,24-,25-,26+,29?,30-,31-/m0/s1. The quantitative estimate of drug-likeness (QED) is 0.200. The van der Waals surface area contributed by atoms with Crippen LogP contribution in [-0.2, 0) is 19.1 Å². The van der Waals surface area contributed by atoms with Crippen LogP contribution in [0.2, 0.25) is 0 Å². The molecule has 5 heteroatoms. The van der Waals surface area contributed by atoms with E-state index in [1.54, 1.807) is 6.08 Å². The average Bonchev–Trinajstić information content (AvgIpc) is 3.20. The predicted octanol–water partition coefficient (Wildman–Crippen LogP) is 6.48. The number of esters is 1.